The number of alkyl carbamates (subject to hydrolysis) is 1. The molecule has 3 unspecified atom stereocenters. The third-order valence-corrected chi connectivity index (χ3v) is 7.53. The minimum absolute atomic E-state index is 0.0315. The van der Waals surface area contributed by atoms with E-state index in [0.717, 1.165) is 44.3 Å². The number of benzene rings is 1. The van der Waals surface area contributed by atoms with Crippen molar-refractivity contribution in [2.75, 3.05) is 39.9 Å². The van der Waals surface area contributed by atoms with Gasteiger partial charge in [-0.2, -0.15) is 0 Å². The van der Waals surface area contributed by atoms with E-state index in [1.165, 1.54) is 7.11 Å². The smallest absolute Gasteiger partial charge is 0.407 e. The quantitative estimate of drug-likeness (QED) is 0.414. The molecule has 2 heterocycles. The van der Waals surface area contributed by atoms with Crippen LogP contribution in [0.15, 0.2) is 24.3 Å². The zero-order valence-electron chi connectivity index (χ0n) is 21.0. The second kappa shape index (κ2) is 13.3. The SMILES string of the molecule is COC(=O)NCCO[C@@H](c1cccc(Cl)c1)C1CCCN(C(=O)O)[C@@H]1C1CNCCC1CC(C)C. The van der Waals surface area contributed by atoms with Crippen LogP contribution in [0, 0.1) is 23.7 Å². The zero-order chi connectivity index (χ0) is 25.4. The number of likely N-dealkylation sites (tertiary alicyclic amines) is 1. The maximum atomic E-state index is 12.4. The van der Waals surface area contributed by atoms with Crippen molar-refractivity contribution in [3.05, 3.63) is 34.9 Å². The molecule has 9 heteroatoms. The number of piperidine rings is 2. The number of carboxylic acid groups (broad SMARTS) is 1. The number of nitrogens with zero attached hydrogens (tertiary/aromatic N) is 1. The van der Waals surface area contributed by atoms with Crippen LogP contribution in [0.1, 0.15) is 51.2 Å². The van der Waals surface area contributed by atoms with Crippen molar-refractivity contribution < 1.29 is 24.2 Å². The predicted octanol–water partition coefficient (Wildman–Crippen LogP) is 4.78. The fourth-order valence-electron chi connectivity index (χ4n) is 5.95. The van der Waals surface area contributed by atoms with E-state index in [-0.39, 0.29) is 30.6 Å². The fraction of sp³-hybridized carbons (Fsp3) is 0.692. The minimum atomic E-state index is -0.870. The molecule has 5 atom stereocenters. The van der Waals surface area contributed by atoms with Crippen LogP contribution in [-0.4, -0.2) is 68.1 Å². The Morgan fingerprint density at radius 2 is 2.11 bits per heavy atom. The lowest BCUT2D eigenvalue weighted by molar-refractivity contribution is -0.0630. The monoisotopic (exact) mass is 509 g/mol. The van der Waals surface area contributed by atoms with Crippen LogP contribution in [0.4, 0.5) is 9.59 Å². The number of methoxy groups -OCH3 is 1. The second-order valence-electron chi connectivity index (χ2n) is 10.1. The van der Waals surface area contributed by atoms with Crippen molar-refractivity contribution in [1.82, 2.24) is 15.5 Å². The summed E-state index contributed by atoms with van der Waals surface area (Å²) in [6, 6.07) is 7.45. The number of hydrogen-bond acceptors (Lipinski definition) is 5. The van der Waals surface area contributed by atoms with Crippen molar-refractivity contribution >= 4 is 23.8 Å². The number of carbonyl (C=O) groups excluding carboxylic acids is 1. The van der Waals surface area contributed by atoms with Crippen molar-refractivity contribution in [3.8, 4) is 0 Å². The van der Waals surface area contributed by atoms with E-state index in [2.05, 4.69) is 29.2 Å². The van der Waals surface area contributed by atoms with E-state index in [4.69, 9.17) is 16.3 Å². The normalized spacial score (nSPS) is 25.8. The topological polar surface area (TPSA) is 100 Å². The molecular weight excluding hydrogens is 470 g/mol. The molecule has 1 aromatic rings. The average molecular weight is 510 g/mol. The molecule has 8 nitrogen and oxygen atoms in total. The van der Waals surface area contributed by atoms with Gasteiger partial charge in [-0.1, -0.05) is 37.6 Å². The summed E-state index contributed by atoms with van der Waals surface area (Å²) >= 11 is 6.35. The third-order valence-electron chi connectivity index (χ3n) is 7.29. The lowest BCUT2D eigenvalue weighted by Crippen LogP contribution is -2.58. The summed E-state index contributed by atoms with van der Waals surface area (Å²) in [4.78, 5) is 25.6. The van der Waals surface area contributed by atoms with Crippen molar-refractivity contribution in [2.45, 2.75) is 51.7 Å². The van der Waals surface area contributed by atoms with E-state index < -0.39 is 12.2 Å². The van der Waals surface area contributed by atoms with Crippen LogP contribution in [0.5, 0.6) is 0 Å². The lowest BCUT2D eigenvalue weighted by atomic mass is 9.69. The predicted molar refractivity (Wildman–Crippen MR) is 136 cm³/mol. The van der Waals surface area contributed by atoms with Gasteiger partial charge in [-0.05, 0) is 67.7 Å². The molecule has 35 heavy (non-hydrogen) atoms. The Balaban J connectivity index is 1.93. The van der Waals surface area contributed by atoms with Crippen LogP contribution >= 0.6 is 11.6 Å². The van der Waals surface area contributed by atoms with Crippen molar-refractivity contribution in [2.24, 2.45) is 23.7 Å². The Morgan fingerprint density at radius 1 is 1.31 bits per heavy atom. The van der Waals surface area contributed by atoms with Gasteiger partial charge in [0.25, 0.3) is 0 Å². The van der Waals surface area contributed by atoms with Crippen LogP contribution in [0.3, 0.4) is 0 Å². The van der Waals surface area contributed by atoms with Gasteiger partial charge >= 0.3 is 12.2 Å². The molecule has 0 aliphatic carbocycles. The summed E-state index contributed by atoms with van der Waals surface area (Å²) < 4.78 is 11.1. The Hall–Kier alpha value is -2.03. The molecule has 3 rings (SSSR count). The van der Waals surface area contributed by atoms with Gasteiger partial charge < -0.3 is 30.1 Å². The van der Waals surface area contributed by atoms with Crippen LogP contribution in [-0.2, 0) is 9.47 Å². The molecule has 2 amide bonds. The molecule has 196 valence electrons. The number of carbonyl (C=O) groups is 2. The number of rotatable bonds is 9. The summed E-state index contributed by atoms with van der Waals surface area (Å²) in [5.41, 5.74) is 0.932. The Morgan fingerprint density at radius 3 is 2.80 bits per heavy atom. The molecular formula is C26H40ClN3O5. The Labute approximate surface area is 213 Å². The first kappa shape index (κ1) is 27.6. The highest BCUT2D eigenvalue weighted by atomic mass is 35.5. The number of nitrogens with one attached hydrogen (secondary N) is 2. The fourth-order valence-corrected chi connectivity index (χ4v) is 6.15. The molecule has 2 aliphatic heterocycles. The Bertz CT molecular complexity index is 839. The molecule has 0 saturated carbocycles. The van der Waals surface area contributed by atoms with Gasteiger partial charge in [-0.15, -0.1) is 0 Å². The van der Waals surface area contributed by atoms with Crippen molar-refractivity contribution in [1.29, 1.82) is 0 Å². The van der Waals surface area contributed by atoms with Crippen LogP contribution in [0.25, 0.3) is 0 Å². The number of ether oxygens (including phenoxy) is 2. The summed E-state index contributed by atoms with van der Waals surface area (Å²) in [6.45, 7) is 7.34. The maximum Gasteiger partial charge on any atom is 0.407 e. The van der Waals surface area contributed by atoms with Crippen LogP contribution < -0.4 is 10.6 Å². The average Bonchev–Trinajstić information content (AvgIpc) is 2.83. The van der Waals surface area contributed by atoms with Crippen molar-refractivity contribution in [3.63, 3.8) is 0 Å². The second-order valence-corrected chi connectivity index (χ2v) is 10.5. The first-order chi connectivity index (χ1) is 16.8. The summed E-state index contributed by atoms with van der Waals surface area (Å²) in [5, 5.41) is 17.0. The summed E-state index contributed by atoms with van der Waals surface area (Å²) in [6.07, 6.45) is 2.04. The van der Waals surface area contributed by atoms with Crippen LogP contribution in [0.2, 0.25) is 5.02 Å². The summed E-state index contributed by atoms with van der Waals surface area (Å²) in [7, 11) is 1.32. The third kappa shape index (κ3) is 7.48. The van der Waals surface area contributed by atoms with Gasteiger partial charge in [0.15, 0.2) is 0 Å². The number of hydrogen-bond donors (Lipinski definition) is 3. The van der Waals surface area contributed by atoms with Gasteiger partial charge in [-0.3, -0.25) is 0 Å². The molecule has 0 spiro atoms. The van der Waals surface area contributed by atoms with Gasteiger partial charge in [0.05, 0.1) is 19.8 Å². The molecule has 0 radical (unpaired) electrons. The van der Waals surface area contributed by atoms with E-state index in [0.29, 0.717) is 29.9 Å². The highest BCUT2D eigenvalue weighted by Crippen LogP contribution is 2.44. The number of halogens is 1. The van der Waals surface area contributed by atoms with E-state index in [9.17, 15) is 14.7 Å². The highest BCUT2D eigenvalue weighted by molar-refractivity contribution is 6.30. The molecule has 0 bridgehead atoms. The van der Waals surface area contributed by atoms with Gasteiger partial charge in [0.2, 0.25) is 0 Å². The van der Waals surface area contributed by atoms with E-state index >= 15 is 0 Å². The standard InChI is InChI=1S/C26H40ClN3O5/c1-17(2)14-18-9-10-28-16-22(18)23-21(8-5-12-30(23)26(32)33)24(19-6-4-7-20(27)15-19)35-13-11-29-25(31)34-3/h4,6-7,15,17-18,21-24,28H,5,8-14,16H2,1-3H3,(H,29,31)(H,32,33)/t18?,21?,22?,23-,24-/m0/s1. The first-order valence-corrected chi connectivity index (χ1v) is 13.1. The minimum Gasteiger partial charge on any atom is -0.465 e. The van der Waals surface area contributed by atoms with E-state index in [1.807, 2.05) is 24.3 Å². The molecule has 0 aromatic heterocycles. The summed E-state index contributed by atoms with van der Waals surface area (Å²) in [5.74, 6) is 1.16. The number of amides is 2. The maximum absolute atomic E-state index is 12.4. The first-order valence-electron chi connectivity index (χ1n) is 12.7. The highest BCUT2D eigenvalue weighted by Gasteiger charge is 2.46. The van der Waals surface area contributed by atoms with Gasteiger partial charge in [-0.25, -0.2) is 9.59 Å². The largest absolute Gasteiger partial charge is 0.465 e. The van der Waals surface area contributed by atoms with E-state index in [1.54, 1.807) is 4.90 Å². The Kier molecular flexibility index (Phi) is 10.5. The molecule has 2 saturated heterocycles. The molecule has 2 aliphatic rings. The molecule has 3 N–H and O–H groups in total. The van der Waals surface area contributed by atoms with Gasteiger partial charge in [0, 0.05) is 36.6 Å². The van der Waals surface area contributed by atoms with Gasteiger partial charge in [0.1, 0.15) is 0 Å². The molecule has 2 fully saturated rings. The zero-order valence-corrected chi connectivity index (χ0v) is 21.8. The lowest BCUT2D eigenvalue weighted by Gasteiger charge is -2.50. The molecule has 1 aromatic carbocycles.